The second-order valence-electron chi connectivity index (χ2n) is 10.0. The van der Waals surface area contributed by atoms with Gasteiger partial charge in [0, 0.05) is 13.2 Å². The van der Waals surface area contributed by atoms with Gasteiger partial charge in [-0.05, 0) is 77.0 Å². The average Bonchev–Trinajstić information content (AvgIpc) is 2.91. The summed E-state index contributed by atoms with van der Waals surface area (Å²) in [4.78, 5) is 0. The number of ether oxygens (including phenoxy) is 1. The van der Waals surface area contributed by atoms with E-state index in [1.807, 2.05) is 0 Å². The molecule has 0 saturated heterocycles. The molecule has 37 heavy (non-hydrogen) atoms. The summed E-state index contributed by atoms with van der Waals surface area (Å²) in [6, 6.07) is 0. The van der Waals surface area contributed by atoms with Crippen LogP contribution in [-0.4, -0.2) is 13.2 Å². The fourth-order valence-electron chi connectivity index (χ4n) is 4.10. The van der Waals surface area contributed by atoms with Crippen LogP contribution in [0.3, 0.4) is 0 Å². The van der Waals surface area contributed by atoms with Gasteiger partial charge in [-0.25, -0.2) is 0 Å². The number of hydrogen-bond acceptors (Lipinski definition) is 1. The van der Waals surface area contributed by atoms with Gasteiger partial charge in [-0.3, -0.25) is 0 Å². The zero-order valence-corrected chi connectivity index (χ0v) is 24.9. The summed E-state index contributed by atoms with van der Waals surface area (Å²) in [5.74, 6) is 0. The van der Waals surface area contributed by atoms with E-state index in [2.05, 4.69) is 86.8 Å². The summed E-state index contributed by atoms with van der Waals surface area (Å²) in [7, 11) is 0. The maximum Gasteiger partial charge on any atom is 0.0466 e. The third-order valence-electron chi connectivity index (χ3n) is 6.38. The molecule has 0 amide bonds. The standard InChI is InChI=1S/C36H62O/c1-3-5-7-9-11-13-15-17-19-21-23-25-27-29-31-33-35-37-36-34-32-30-28-26-24-22-20-18-16-14-12-10-8-6-4-2/h5-8,11-14,17-20H,3-4,9-10,15-16,21-36H2,1-2H3/b7-5-,8-6-,13-11-,14-12-,19-17-,20-18-. The third kappa shape index (κ3) is 34.4. The predicted molar refractivity (Wildman–Crippen MR) is 169 cm³/mol. The van der Waals surface area contributed by atoms with Crippen molar-refractivity contribution < 1.29 is 4.74 Å². The summed E-state index contributed by atoms with van der Waals surface area (Å²) < 4.78 is 5.84. The molecule has 0 aliphatic heterocycles. The van der Waals surface area contributed by atoms with Gasteiger partial charge in [0.1, 0.15) is 0 Å². The molecule has 0 aromatic carbocycles. The Morgan fingerprint density at radius 2 is 0.622 bits per heavy atom. The minimum atomic E-state index is 0.960. The molecule has 0 rings (SSSR count). The Labute approximate surface area is 232 Å². The van der Waals surface area contributed by atoms with Crippen LogP contribution in [0.15, 0.2) is 72.9 Å². The summed E-state index contributed by atoms with van der Waals surface area (Å²) in [5, 5.41) is 0. The topological polar surface area (TPSA) is 9.23 Å². The zero-order chi connectivity index (χ0) is 26.7. The van der Waals surface area contributed by atoms with Crippen molar-refractivity contribution in [3.8, 4) is 0 Å². The molecule has 0 spiro atoms. The number of allylic oxidation sites excluding steroid dienone is 12. The minimum absolute atomic E-state index is 0.960. The fourth-order valence-corrected chi connectivity index (χ4v) is 4.10. The molecule has 0 aliphatic carbocycles. The molecular formula is C36H62O. The van der Waals surface area contributed by atoms with E-state index < -0.39 is 0 Å². The molecule has 0 bridgehead atoms. The highest BCUT2D eigenvalue weighted by Gasteiger charge is 1.94. The van der Waals surface area contributed by atoms with Crippen molar-refractivity contribution in [1.29, 1.82) is 0 Å². The second-order valence-corrected chi connectivity index (χ2v) is 10.0. The first kappa shape index (κ1) is 35.4. The van der Waals surface area contributed by atoms with Gasteiger partial charge in [-0.1, -0.05) is 138 Å². The van der Waals surface area contributed by atoms with Crippen molar-refractivity contribution in [2.24, 2.45) is 0 Å². The van der Waals surface area contributed by atoms with E-state index in [0.717, 1.165) is 51.7 Å². The Morgan fingerprint density at radius 1 is 0.324 bits per heavy atom. The highest BCUT2D eigenvalue weighted by molar-refractivity contribution is 4.97. The molecule has 0 fully saturated rings. The van der Waals surface area contributed by atoms with Crippen LogP contribution in [-0.2, 0) is 4.74 Å². The van der Waals surface area contributed by atoms with Crippen LogP contribution in [0.25, 0.3) is 0 Å². The molecule has 0 radical (unpaired) electrons. The van der Waals surface area contributed by atoms with Gasteiger partial charge in [0.2, 0.25) is 0 Å². The molecule has 0 aromatic rings. The van der Waals surface area contributed by atoms with E-state index in [-0.39, 0.29) is 0 Å². The maximum atomic E-state index is 5.84. The van der Waals surface area contributed by atoms with Gasteiger partial charge in [0.15, 0.2) is 0 Å². The van der Waals surface area contributed by atoms with E-state index in [0.29, 0.717) is 0 Å². The number of hydrogen-bond donors (Lipinski definition) is 0. The van der Waals surface area contributed by atoms with Gasteiger partial charge in [0.05, 0.1) is 0 Å². The van der Waals surface area contributed by atoms with Gasteiger partial charge >= 0.3 is 0 Å². The van der Waals surface area contributed by atoms with E-state index in [1.165, 1.54) is 89.9 Å². The molecule has 0 heterocycles. The van der Waals surface area contributed by atoms with E-state index in [1.54, 1.807) is 0 Å². The predicted octanol–water partition coefficient (Wildman–Crippen LogP) is 12.2. The zero-order valence-electron chi connectivity index (χ0n) is 24.9. The molecule has 0 unspecified atom stereocenters. The van der Waals surface area contributed by atoms with E-state index in [9.17, 15) is 0 Å². The first-order chi connectivity index (χ1) is 18.4. The quantitative estimate of drug-likeness (QED) is 0.0751. The van der Waals surface area contributed by atoms with Crippen LogP contribution in [0.1, 0.15) is 142 Å². The SMILES string of the molecule is CC/C=C\C/C=C\C/C=C\CCCCCCCCOCCCCCCCC/C=C\C/C=C\C/C=C\CC. The van der Waals surface area contributed by atoms with Crippen LogP contribution < -0.4 is 0 Å². The monoisotopic (exact) mass is 510 g/mol. The Hall–Kier alpha value is -1.60. The third-order valence-corrected chi connectivity index (χ3v) is 6.38. The Kier molecular flexibility index (Phi) is 32.9. The Bertz CT molecular complexity index is 538. The number of rotatable bonds is 28. The molecule has 0 aromatic heterocycles. The molecule has 0 atom stereocenters. The van der Waals surface area contributed by atoms with Crippen molar-refractivity contribution in [2.45, 2.75) is 142 Å². The lowest BCUT2D eigenvalue weighted by molar-refractivity contribution is 0.125. The van der Waals surface area contributed by atoms with Crippen LogP contribution >= 0.6 is 0 Å². The molecule has 0 aliphatic rings. The number of unbranched alkanes of at least 4 members (excludes halogenated alkanes) is 12. The second kappa shape index (κ2) is 34.4. The molecule has 0 N–H and O–H groups in total. The van der Waals surface area contributed by atoms with Gasteiger partial charge in [-0.2, -0.15) is 0 Å². The van der Waals surface area contributed by atoms with Crippen LogP contribution in [0.5, 0.6) is 0 Å². The molecule has 1 nitrogen and oxygen atoms in total. The van der Waals surface area contributed by atoms with Crippen molar-refractivity contribution >= 4 is 0 Å². The first-order valence-corrected chi connectivity index (χ1v) is 15.9. The summed E-state index contributed by atoms with van der Waals surface area (Å²) in [6.45, 7) is 6.28. The molecule has 0 saturated carbocycles. The fraction of sp³-hybridized carbons (Fsp3) is 0.667. The largest absolute Gasteiger partial charge is 0.381 e. The summed E-state index contributed by atoms with van der Waals surface area (Å²) in [6.07, 6.45) is 52.4. The first-order valence-electron chi connectivity index (χ1n) is 15.9. The minimum Gasteiger partial charge on any atom is -0.381 e. The highest BCUT2D eigenvalue weighted by atomic mass is 16.5. The van der Waals surface area contributed by atoms with E-state index >= 15 is 0 Å². The maximum absolute atomic E-state index is 5.84. The van der Waals surface area contributed by atoms with Crippen molar-refractivity contribution in [3.05, 3.63) is 72.9 Å². The van der Waals surface area contributed by atoms with Crippen LogP contribution in [0.2, 0.25) is 0 Å². The van der Waals surface area contributed by atoms with Crippen molar-refractivity contribution in [2.75, 3.05) is 13.2 Å². The average molecular weight is 511 g/mol. The van der Waals surface area contributed by atoms with Crippen molar-refractivity contribution in [3.63, 3.8) is 0 Å². The lowest BCUT2D eigenvalue weighted by Gasteiger charge is -2.05. The molecule has 1 heteroatoms. The highest BCUT2D eigenvalue weighted by Crippen LogP contribution is 2.10. The van der Waals surface area contributed by atoms with Crippen LogP contribution in [0.4, 0.5) is 0 Å². The van der Waals surface area contributed by atoms with Crippen LogP contribution in [0, 0.1) is 0 Å². The molecular weight excluding hydrogens is 448 g/mol. The van der Waals surface area contributed by atoms with Gasteiger partial charge in [0.25, 0.3) is 0 Å². The normalized spacial score (nSPS) is 12.8. The Balaban J connectivity index is 3.19. The lowest BCUT2D eigenvalue weighted by atomic mass is 10.1. The lowest BCUT2D eigenvalue weighted by Crippen LogP contribution is -1.97. The molecule has 212 valence electrons. The van der Waals surface area contributed by atoms with Gasteiger partial charge in [-0.15, -0.1) is 0 Å². The smallest absolute Gasteiger partial charge is 0.0466 e. The summed E-state index contributed by atoms with van der Waals surface area (Å²) >= 11 is 0. The van der Waals surface area contributed by atoms with Gasteiger partial charge < -0.3 is 4.74 Å². The van der Waals surface area contributed by atoms with Crippen molar-refractivity contribution in [1.82, 2.24) is 0 Å². The Morgan fingerprint density at radius 3 is 1.00 bits per heavy atom. The summed E-state index contributed by atoms with van der Waals surface area (Å²) in [5.41, 5.74) is 0. The van der Waals surface area contributed by atoms with E-state index in [4.69, 9.17) is 4.74 Å².